The molecular formula is C21H31N9. The van der Waals surface area contributed by atoms with E-state index < -0.39 is 0 Å². The van der Waals surface area contributed by atoms with Crippen LogP contribution in [0, 0.1) is 0 Å². The summed E-state index contributed by atoms with van der Waals surface area (Å²) >= 11 is 0. The Labute approximate surface area is 177 Å². The molecule has 0 amide bonds. The lowest BCUT2D eigenvalue weighted by Crippen LogP contribution is -2.42. The normalized spacial score (nSPS) is 16.8. The molecule has 0 radical (unpaired) electrons. The van der Waals surface area contributed by atoms with E-state index in [0.717, 1.165) is 49.7 Å². The van der Waals surface area contributed by atoms with Crippen molar-refractivity contribution in [2.45, 2.75) is 38.8 Å². The molecule has 2 aromatic rings. The molecule has 3 heterocycles. The minimum atomic E-state index is 0.627. The number of anilines is 1. The lowest BCUT2D eigenvalue weighted by Gasteiger charge is -2.34. The number of hydrazone groups is 1. The summed E-state index contributed by atoms with van der Waals surface area (Å²) < 4.78 is 0. The van der Waals surface area contributed by atoms with E-state index in [-0.39, 0.29) is 0 Å². The van der Waals surface area contributed by atoms with Crippen LogP contribution in [0.4, 0.5) is 5.95 Å². The minimum absolute atomic E-state index is 0.627. The van der Waals surface area contributed by atoms with Gasteiger partial charge in [0.1, 0.15) is 5.84 Å². The number of nitrogens with one attached hydrogen (secondary N) is 5. The maximum atomic E-state index is 4.70. The van der Waals surface area contributed by atoms with Gasteiger partial charge in [-0.25, -0.2) is 15.5 Å². The van der Waals surface area contributed by atoms with Crippen LogP contribution in [0.1, 0.15) is 31.7 Å². The van der Waals surface area contributed by atoms with Crippen molar-refractivity contribution in [3.05, 3.63) is 42.1 Å². The van der Waals surface area contributed by atoms with Crippen molar-refractivity contribution in [3.8, 4) is 11.3 Å². The zero-order valence-corrected chi connectivity index (χ0v) is 17.5. The summed E-state index contributed by atoms with van der Waals surface area (Å²) in [6.45, 7) is 7.24. The van der Waals surface area contributed by atoms with Gasteiger partial charge in [0, 0.05) is 37.3 Å². The van der Waals surface area contributed by atoms with E-state index in [1.54, 1.807) is 6.20 Å². The van der Waals surface area contributed by atoms with Crippen LogP contribution in [-0.2, 0) is 6.54 Å². The van der Waals surface area contributed by atoms with E-state index in [2.05, 4.69) is 73.3 Å². The van der Waals surface area contributed by atoms with E-state index in [1.165, 1.54) is 18.4 Å². The largest absolute Gasteiger partial charge is 0.354 e. The van der Waals surface area contributed by atoms with Crippen LogP contribution in [0.3, 0.4) is 0 Å². The van der Waals surface area contributed by atoms with Crippen LogP contribution in [0.15, 0.2) is 41.6 Å². The molecule has 9 heteroatoms. The Morgan fingerprint density at radius 3 is 2.90 bits per heavy atom. The van der Waals surface area contributed by atoms with Crippen LogP contribution in [0.25, 0.3) is 11.3 Å². The first-order valence-electron chi connectivity index (χ1n) is 10.8. The Morgan fingerprint density at radius 2 is 2.10 bits per heavy atom. The second-order valence-corrected chi connectivity index (χ2v) is 7.61. The molecule has 160 valence electrons. The van der Waals surface area contributed by atoms with Crippen molar-refractivity contribution in [2.75, 3.05) is 31.5 Å². The molecule has 0 atom stereocenters. The Hall–Kier alpha value is -2.75. The van der Waals surface area contributed by atoms with Crippen LogP contribution in [0.5, 0.6) is 0 Å². The highest BCUT2D eigenvalue weighted by Gasteiger charge is 2.19. The summed E-state index contributed by atoms with van der Waals surface area (Å²) in [7, 11) is 0. The molecule has 0 saturated carbocycles. The molecule has 0 bridgehead atoms. The van der Waals surface area contributed by atoms with Gasteiger partial charge in [0.2, 0.25) is 5.95 Å². The van der Waals surface area contributed by atoms with E-state index >= 15 is 0 Å². The zero-order chi connectivity index (χ0) is 20.6. The van der Waals surface area contributed by atoms with Crippen molar-refractivity contribution in [3.63, 3.8) is 0 Å². The molecule has 2 aliphatic rings. The molecule has 1 fully saturated rings. The van der Waals surface area contributed by atoms with Gasteiger partial charge in [-0.1, -0.05) is 25.1 Å². The van der Waals surface area contributed by atoms with Crippen LogP contribution >= 0.6 is 0 Å². The van der Waals surface area contributed by atoms with Gasteiger partial charge in [-0.2, -0.15) is 0 Å². The Morgan fingerprint density at radius 1 is 1.20 bits per heavy atom. The molecule has 0 aliphatic carbocycles. The van der Waals surface area contributed by atoms with Crippen molar-refractivity contribution in [1.29, 1.82) is 0 Å². The van der Waals surface area contributed by atoms with Gasteiger partial charge in [-0.3, -0.25) is 10.3 Å². The predicted molar refractivity (Wildman–Crippen MR) is 119 cm³/mol. The first kappa shape index (κ1) is 20.5. The predicted octanol–water partition coefficient (Wildman–Crippen LogP) is 1.45. The number of hydrazine groups is 2. The molecule has 1 aromatic carbocycles. The molecular weight excluding hydrogens is 378 g/mol. The second-order valence-electron chi connectivity index (χ2n) is 7.61. The molecule has 1 aromatic heterocycles. The SMILES string of the molecule is CCN(Cc1cccc(-c2ccnc(NCCC3=NNNN3)n2)c1)C1CCNCC1. The Bertz CT molecular complexity index is 848. The monoisotopic (exact) mass is 409 g/mol. The number of piperidine rings is 1. The summed E-state index contributed by atoms with van der Waals surface area (Å²) in [4.78, 5) is 11.6. The van der Waals surface area contributed by atoms with Gasteiger partial charge < -0.3 is 10.6 Å². The number of amidine groups is 1. The maximum Gasteiger partial charge on any atom is 0.223 e. The van der Waals surface area contributed by atoms with Gasteiger partial charge in [-0.15, -0.1) is 10.6 Å². The van der Waals surface area contributed by atoms with Gasteiger partial charge in [0.25, 0.3) is 0 Å². The molecule has 5 N–H and O–H groups in total. The number of hydrogen-bond donors (Lipinski definition) is 5. The summed E-state index contributed by atoms with van der Waals surface area (Å²) in [6, 6.07) is 11.3. The second kappa shape index (κ2) is 10.3. The molecule has 30 heavy (non-hydrogen) atoms. The van der Waals surface area contributed by atoms with Crippen molar-refractivity contribution in [1.82, 2.24) is 36.7 Å². The van der Waals surface area contributed by atoms with Gasteiger partial charge in [-0.05, 0) is 50.2 Å². The van der Waals surface area contributed by atoms with E-state index in [9.17, 15) is 0 Å². The van der Waals surface area contributed by atoms with Crippen molar-refractivity contribution in [2.24, 2.45) is 5.10 Å². The number of nitrogens with zero attached hydrogens (tertiary/aromatic N) is 4. The third-order valence-electron chi connectivity index (χ3n) is 5.59. The van der Waals surface area contributed by atoms with Gasteiger partial charge in [0.05, 0.1) is 5.69 Å². The molecule has 4 rings (SSSR count). The fourth-order valence-electron chi connectivity index (χ4n) is 3.97. The van der Waals surface area contributed by atoms with E-state index in [1.807, 2.05) is 6.07 Å². The third kappa shape index (κ3) is 5.44. The van der Waals surface area contributed by atoms with Gasteiger partial charge in [0.15, 0.2) is 0 Å². The molecule has 2 aliphatic heterocycles. The minimum Gasteiger partial charge on any atom is -0.354 e. The highest BCUT2D eigenvalue weighted by atomic mass is 15.8. The van der Waals surface area contributed by atoms with E-state index in [4.69, 9.17) is 4.98 Å². The summed E-state index contributed by atoms with van der Waals surface area (Å²) in [5, 5.41) is 10.8. The van der Waals surface area contributed by atoms with E-state index in [0.29, 0.717) is 18.5 Å². The average Bonchev–Trinajstić information content (AvgIpc) is 3.32. The Kier molecular flexibility index (Phi) is 7.07. The Balaban J connectivity index is 1.40. The summed E-state index contributed by atoms with van der Waals surface area (Å²) in [5.74, 6) is 1.47. The van der Waals surface area contributed by atoms with Crippen LogP contribution in [-0.4, -0.2) is 52.9 Å². The molecule has 9 nitrogen and oxygen atoms in total. The van der Waals surface area contributed by atoms with Crippen LogP contribution < -0.4 is 27.1 Å². The van der Waals surface area contributed by atoms with Crippen molar-refractivity contribution >= 4 is 11.8 Å². The number of aromatic nitrogens is 2. The maximum absolute atomic E-state index is 4.70. The number of benzene rings is 1. The first-order valence-corrected chi connectivity index (χ1v) is 10.8. The fraction of sp³-hybridized carbons (Fsp3) is 0.476. The fourth-order valence-corrected chi connectivity index (χ4v) is 3.97. The molecule has 1 saturated heterocycles. The topological polar surface area (TPSA) is 102 Å². The molecule has 0 spiro atoms. The number of hydrogen-bond acceptors (Lipinski definition) is 9. The molecule has 0 unspecified atom stereocenters. The quantitative estimate of drug-likeness (QED) is 0.424. The van der Waals surface area contributed by atoms with Gasteiger partial charge >= 0.3 is 0 Å². The lowest BCUT2D eigenvalue weighted by atomic mass is 10.0. The lowest BCUT2D eigenvalue weighted by molar-refractivity contribution is 0.162. The summed E-state index contributed by atoms with van der Waals surface area (Å²) in [6.07, 6.45) is 5.00. The smallest absolute Gasteiger partial charge is 0.223 e. The van der Waals surface area contributed by atoms with Crippen molar-refractivity contribution < 1.29 is 0 Å². The highest BCUT2D eigenvalue weighted by molar-refractivity contribution is 5.82. The zero-order valence-electron chi connectivity index (χ0n) is 17.5. The highest BCUT2D eigenvalue weighted by Crippen LogP contribution is 2.21. The average molecular weight is 410 g/mol. The first-order chi connectivity index (χ1) is 14.8. The van der Waals surface area contributed by atoms with Crippen LogP contribution in [0.2, 0.25) is 0 Å². The summed E-state index contributed by atoms with van der Waals surface area (Å²) in [5.41, 5.74) is 11.7. The number of rotatable bonds is 9. The third-order valence-corrected chi connectivity index (χ3v) is 5.59. The standard InChI is InChI=1S/C21H31N9/c1-2-30(18-6-10-22-11-7-18)15-16-4-3-5-17(14-16)19-8-12-23-21(25-19)24-13-9-20-26-28-29-27-20/h3-5,8,12,14,18,22,28-29H,2,6-7,9-11,13,15H2,1H3,(H,26,27)(H,23,24,25).